The number of likely N-dealkylation sites (N-methyl/N-ethyl adjacent to an activating group) is 1. The van der Waals surface area contributed by atoms with Crippen molar-refractivity contribution in [3.05, 3.63) is 0 Å². The molecule has 0 spiro atoms. The van der Waals surface area contributed by atoms with E-state index in [0.717, 1.165) is 30.9 Å². The highest BCUT2D eigenvalue weighted by Gasteiger charge is 2.27. The Morgan fingerprint density at radius 1 is 1.62 bits per heavy atom. The lowest BCUT2D eigenvalue weighted by atomic mass is 10.3. The Morgan fingerprint density at radius 2 is 2.31 bits per heavy atom. The van der Waals surface area contributed by atoms with Crippen LogP contribution in [0.1, 0.15) is 13.8 Å². The Hall–Kier alpha value is -0.610. The predicted octanol–water partition coefficient (Wildman–Crippen LogP) is 0.620. The van der Waals surface area contributed by atoms with Crippen LogP contribution in [-0.4, -0.2) is 51.0 Å². The van der Waals surface area contributed by atoms with Gasteiger partial charge in [-0.3, -0.25) is 4.79 Å². The van der Waals surface area contributed by atoms with Gasteiger partial charge in [-0.15, -0.1) is 0 Å². The molecule has 0 saturated carbocycles. The molecule has 1 fully saturated rings. The topological polar surface area (TPSA) is 35.5 Å². The van der Waals surface area contributed by atoms with Crippen LogP contribution in [0.2, 0.25) is 0 Å². The third-order valence-electron chi connectivity index (χ3n) is 2.26. The zero-order chi connectivity index (χ0) is 9.03. The first kappa shape index (κ1) is 12.4. The van der Waals surface area contributed by atoms with E-state index in [9.17, 15) is 4.79 Å². The van der Waals surface area contributed by atoms with Crippen molar-refractivity contribution in [3.63, 3.8) is 0 Å². The normalized spacial score (nSPS) is 26.6. The minimum atomic E-state index is -0.138. The maximum Gasteiger partial charge on any atom is 0.311 e. The van der Waals surface area contributed by atoms with E-state index in [0.29, 0.717) is 6.42 Å². The van der Waals surface area contributed by atoms with E-state index in [2.05, 4.69) is 11.8 Å². The van der Waals surface area contributed by atoms with E-state index < -0.39 is 0 Å². The molecule has 0 aliphatic carbocycles. The van der Waals surface area contributed by atoms with Crippen LogP contribution in [0.15, 0.2) is 0 Å². The van der Waals surface area contributed by atoms with Gasteiger partial charge >= 0.3 is 5.97 Å². The second kappa shape index (κ2) is 5.19. The fraction of sp³-hybridized carbons (Fsp3) is 0.889. The first-order valence-electron chi connectivity index (χ1n) is 4.14. The van der Waals surface area contributed by atoms with Gasteiger partial charge in [-0.05, 0) is 0 Å². The van der Waals surface area contributed by atoms with E-state index >= 15 is 0 Å². The van der Waals surface area contributed by atoms with Gasteiger partial charge in [0.15, 0.2) is 6.73 Å². The summed E-state index contributed by atoms with van der Waals surface area (Å²) >= 11 is 0. The van der Waals surface area contributed by atoms with Gasteiger partial charge in [-0.25, -0.2) is 0 Å². The fourth-order valence-electron chi connectivity index (χ4n) is 1.27. The Labute approximate surface area is 80.0 Å². The van der Waals surface area contributed by atoms with Crippen LogP contribution in [0.3, 0.4) is 0 Å². The van der Waals surface area contributed by atoms with Crippen LogP contribution in [0.4, 0.5) is 0 Å². The number of hydrogen-bond donors (Lipinski definition) is 0. The fourth-order valence-corrected chi connectivity index (χ4v) is 1.27. The van der Waals surface area contributed by atoms with Gasteiger partial charge in [0.2, 0.25) is 0 Å². The standard InChI is InChI=1S/C8H16NO3.CH4/c1-9(5-6-12-7-9)4-3-8(10)11-2;/h3-7H2,1-2H3;1H4/q+1;. The first-order chi connectivity index (χ1) is 5.66. The minimum Gasteiger partial charge on any atom is -0.469 e. The van der Waals surface area contributed by atoms with Gasteiger partial charge < -0.3 is 14.0 Å². The van der Waals surface area contributed by atoms with Crippen molar-refractivity contribution in [1.29, 1.82) is 0 Å². The molecular formula is C9H20NO3+. The van der Waals surface area contributed by atoms with Gasteiger partial charge in [0.1, 0.15) is 13.2 Å². The largest absolute Gasteiger partial charge is 0.469 e. The van der Waals surface area contributed by atoms with Crippen LogP contribution >= 0.6 is 0 Å². The molecule has 0 radical (unpaired) electrons. The van der Waals surface area contributed by atoms with Crippen molar-refractivity contribution in [3.8, 4) is 0 Å². The number of nitrogens with zero attached hydrogens (tertiary/aromatic N) is 1. The molecule has 1 unspecified atom stereocenters. The van der Waals surface area contributed by atoms with Crippen LogP contribution < -0.4 is 0 Å². The summed E-state index contributed by atoms with van der Waals surface area (Å²) in [6, 6.07) is 0. The Morgan fingerprint density at radius 3 is 2.77 bits per heavy atom. The van der Waals surface area contributed by atoms with E-state index in [1.807, 2.05) is 0 Å². The maximum atomic E-state index is 10.8. The summed E-state index contributed by atoms with van der Waals surface area (Å²) in [4.78, 5) is 10.8. The molecule has 1 aliphatic heterocycles. The monoisotopic (exact) mass is 190 g/mol. The van der Waals surface area contributed by atoms with Crippen molar-refractivity contribution in [1.82, 2.24) is 0 Å². The van der Waals surface area contributed by atoms with E-state index in [1.165, 1.54) is 7.11 Å². The summed E-state index contributed by atoms with van der Waals surface area (Å²) in [6.45, 7) is 3.33. The average molecular weight is 190 g/mol. The van der Waals surface area contributed by atoms with E-state index in [4.69, 9.17) is 4.74 Å². The molecule has 4 heteroatoms. The van der Waals surface area contributed by atoms with E-state index in [1.54, 1.807) is 0 Å². The number of carbonyl (C=O) groups excluding carboxylic acids is 1. The number of carbonyl (C=O) groups is 1. The molecule has 78 valence electrons. The summed E-state index contributed by atoms with van der Waals surface area (Å²) in [5, 5.41) is 0. The van der Waals surface area contributed by atoms with Crippen molar-refractivity contribution >= 4 is 5.97 Å². The second-order valence-electron chi connectivity index (χ2n) is 3.43. The van der Waals surface area contributed by atoms with Crippen LogP contribution in [0, 0.1) is 0 Å². The summed E-state index contributed by atoms with van der Waals surface area (Å²) in [5.41, 5.74) is 0. The number of quaternary nitrogens is 1. The van der Waals surface area contributed by atoms with Gasteiger partial charge in [0.05, 0.1) is 27.1 Å². The second-order valence-corrected chi connectivity index (χ2v) is 3.43. The third kappa shape index (κ3) is 3.74. The molecule has 0 amide bonds. The number of ether oxygens (including phenoxy) is 2. The van der Waals surface area contributed by atoms with Gasteiger partial charge in [0, 0.05) is 0 Å². The SMILES string of the molecule is C.COC(=O)CC[N+]1(C)CCOC1. The molecule has 1 rings (SSSR count). The maximum absolute atomic E-state index is 10.8. The smallest absolute Gasteiger partial charge is 0.311 e. The first-order valence-corrected chi connectivity index (χ1v) is 4.14. The lowest BCUT2D eigenvalue weighted by Crippen LogP contribution is -2.42. The lowest BCUT2D eigenvalue weighted by Gasteiger charge is -2.26. The number of hydrogen-bond acceptors (Lipinski definition) is 3. The molecule has 13 heavy (non-hydrogen) atoms. The predicted molar refractivity (Wildman–Crippen MR) is 50.1 cm³/mol. The van der Waals surface area contributed by atoms with Crippen molar-refractivity contribution in [2.24, 2.45) is 0 Å². The average Bonchev–Trinajstić information content (AvgIpc) is 2.49. The van der Waals surface area contributed by atoms with Crippen molar-refractivity contribution < 1.29 is 18.8 Å². The molecule has 1 atom stereocenters. The molecule has 1 aliphatic rings. The zero-order valence-electron chi connectivity index (χ0n) is 7.71. The summed E-state index contributed by atoms with van der Waals surface area (Å²) in [5.74, 6) is -0.138. The van der Waals surface area contributed by atoms with Gasteiger partial charge in [0.25, 0.3) is 0 Å². The van der Waals surface area contributed by atoms with Crippen LogP contribution in [0.5, 0.6) is 0 Å². The highest BCUT2D eigenvalue weighted by Crippen LogP contribution is 2.10. The highest BCUT2D eigenvalue weighted by atomic mass is 16.5. The number of methoxy groups -OCH3 is 1. The molecule has 0 bridgehead atoms. The minimum absolute atomic E-state index is 0. The zero-order valence-corrected chi connectivity index (χ0v) is 7.71. The Balaban J connectivity index is 0.00000144. The molecule has 0 aromatic heterocycles. The molecule has 0 N–H and O–H groups in total. The number of rotatable bonds is 3. The molecule has 4 nitrogen and oxygen atoms in total. The van der Waals surface area contributed by atoms with Crippen molar-refractivity contribution in [2.45, 2.75) is 13.8 Å². The lowest BCUT2D eigenvalue weighted by molar-refractivity contribution is -0.906. The van der Waals surface area contributed by atoms with Gasteiger partial charge in [-0.1, -0.05) is 7.43 Å². The molecule has 1 saturated heterocycles. The summed E-state index contributed by atoms with van der Waals surface area (Å²) in [7, 11) is 3.51. The molecule has 1 heterocycles. The Kier molecular flexibility index (Phi) is 4.95. The van der Waals surface area contributed by atoms with Crippen LogP contribution in [0.25, 0.3) is 0 Å². The quantitative estimate of drug-likeness (QED) is 0.483. The van der Waals surface area contributed by atoms with Crippen LogP contribution in [-0.2, 0) is 14.3 Å². The molecular weight excluding hydrogens is 170 g/mol. The molecule has 0 aromatic carbocycles. The summed E-state index contributed by atoms with van der Waals surface area (Å²) < 4.78 is 10.6. The third-order valence-corrected chi connectivity index (χ3v) is 2.26. The van der Waals surface area contributed by atoms with E-state index in [-0.39, 0.29) is 13.4 Å². The molecule has 0 aromatic rings. The Bertz CT molecular complexity index is 164. The number of esters is 1. The summed E-state index contributed by atoms with van der Waals surface area (Å²) in [6.07, 6.45) is 0.482. The van der Waals surface area contributed by atoms with Crippen molar-refractivity contribution in [2.75, 3.05) is 40.6 Å². The van der Waals surface area contributed by atoms with Gasteiger partial charge in [-0.2, -0.15) is 0 Å². The highest BCUT2D eigenvalue weighted by molar-refractivity contribution is 5.69.